The van der Waals surface area contributed by atoms with Gasteiger partial charge in [0.2, 0.25) is 5.91 Å². The molecule has 0 aliphatic rings. The zero-order valence-corrected chi connectivity index (χ0v) is 13.0. The predicted molar refractivity (Wildman–Crippen MR) is 87.5 cm³/mol. The average molecular weight is 298 g/mol. The number of carbonyl (C=O) groups is 1. The van der Waals surface area contributed by atoms with Crippen molar-refractivity contribution >= 4 is 5.91 Å². The second-order valence-corrected chi connectivity index (χ2v) is 5.12. The molecule has 4 nitrogen and oxygen atoms in total. The van der Waals surface area contributed by atoms with Crippen LogP contribution in [0.3, 0.4) is 0 Å². The van der Waals surface area contributed by atoms with Crippen molar-refractivity contribution in [3.05, 3.63) is 65.7 Å². The Labute approximate surface area is 131 Å². The highest BCUT2D eigenvalue weighted by molar-refractivity contribution is 5.82. The van der Waals surface area contributed by atoms with Gasteiger partial charge in [-0.15, -0.1) is 0 Å². The van der Waals surface area contributed by atoms with E-state index in [2.05, 4.69) is 0 Å². The zero-order chi connectivity index (χ0) is 15.9. The highest BCUT2D eigenvalue weighted by Crippen LogP contribution is 2.21. The van der Waals surface area contributed by atoms with Gasteiger partial charge in [-0.3, -0.25) is 4.79 Å². The van der Waals surface area contributed by atoms with Crippen LogP contribution in [0.5, 0.6) is 5.75 Å². The Balaban J connectivity index is 2.09. The molecule has 116 valence electrons. The van der Waals surface area contributed by atoms with Crippen molar-refractivity contribution in [3.8, 4) is 5.75 Å². The molecule has 0 saturated carbocycles. The number of nitrogens with two attached hydrogens (primary N) is 1. The zero-order valence-electron chi connectivity index (χ0n) is 13.0. The molecule has 0 spiro atoms. The van der Waals surface area contributed by atoms with Gasteiger partial charge < -0.3 is 15.4 Å². The summed E-state index contributed by atoms with van der Waals surface area (Å²) >= 11 is 0. The third-order valence-corrected chi connectivity index (χ3v) is 3.48. The maximum Gasteiger partial charge on any atom is 0.244 e. The standard InChI is InChI=1S/C18H22N2O2/c1-3-22-16-12-8-7-11-15(16)13-20(2)18(21)17(19)14-9-5-4-6-10-14/h4-12,17H,3,13,19H2,1-2H3. The fourth-order valence-electron chi connectivity index (χ4n) is 2.30. The molecule has 2 aromatic carbocycles. The van der Waals surface area contributed by atoms with Crippen LogP contribution < -0.4 is 10.5 Å². The lowest BCUT2D eigenvalue weighted by molar-refractivity contribution is -0.132. The van der Waals surface area contributed by atoms with Gasteiger partial charge in [0.05, 0.1) is 6.61 Å². The smallest absolute Gasteiger partial charge is 0.244 e. The third kappa shape index (κ3) is 3.86. The molecule has 0 aliphatic carbocycles. The summed E-state index contributed by atoms with van der Waals surface area (Å²) in [6.07, 6.45) is 0. The normalized spacial score (nSPS) is 11.8. The Morgan fingerprint density at radius 1 is 1.14 bits per heavy atom. The van der Waals surface area contributed by atoms with Crippen molar-refractivity contribution in [3.63, 3.8) is 0 Å². The van der Waals surface area contributed by atoms with Crippen LogP contribution in [-0.2, 0) is 11.3 Å². The second-order valence-electron chi connectivity index (χ2n) is 5.12. The van der Waals surface area contributed by atoms with E-state index < -0.39 is 6.04 Å². The molecule has 22 heavy (non-hydrogen) atoms. The minimum atomic E-state index is -0.648. The monoisotopic (exact) mass is 298 g/mol. The van der Waals surface area contributed by atoms with Crippen molar-refractivity contribution in [2.45, 2.75) is 19.5 Å². The van der Waals surface area contributed by atoms with Gasteiger partial charge in [0.1, 0.15) is 11.8 Å². The van der Waals surface area contributed by atoms with E-state index in [1.807, 2.05) is 61.5 Å². The average Bonchev–Trinajstić information content (AvgIpc) is 2.56. The fraction of sp³-hybridized carbons (Fsp3) is 0.278. The van der Waals surface area contributed by atoms with Crippen molar-refractivity contribution < 1.29 is 9.53 Å². The van der Waals surface area contributed by atoms with E-state index in [4.69, 9.17) is 10.5 Å². The molecule has 0 bridgehead atoms. The molecule has 0 radical (unpaired) electrons. The molecule has 0 heterocycles. The number of rotatable bonds is 6. The van der Waals surface area contributed by atoms with E-state index in [0.29, 0.717) is 13.2 Å². The van der Waals surface area contributed by atoms with Crippen molar-refractivity contribution in [2.24, 2.45) is 5.73 Å². The number of para-hydroxylation sites is 1. The summed E-state index contributed by atoms with van der Waals surface area (Å²) in [5, 5.41) is 0. The molecule has 0 aromatic heterocycles. The van der Waals surface area contributed by atoms with Crippen LogP contribution in [0.1, 0.15) is 24.1 Å². The first-order valence-corrected chi connectivity index (χ1v) is 7.39. The third-order valence-electron chi connectivity index (χ3n) is 3.48. The van der Waals surface area contributed by atoms with Crippen LogP contribution in [-0.4, -0.2) is 24.5 Å². The van der Waals surface area contributed by atoms with Crippen LogP contribution in [0.15, 0.2) is 54.6 Å². The minimum Gasteiger partial charge on any atom is -0.494 e. The molecular weight excluding hydrogens is 276 g/mol. The molecule has 0 aliphatic heterocycles. The number of carbonyl (C=O) groups excluding carboxylic acids is 1. The highest BCUT2D eigenvalue weighted by Gasteiger charge is 2.20. The van der Waals surface area contributed by atoms with Crippen molar-refractivity contribution in [1.29, 1.82) is 0 Å². The largest absolute Gasteiger partial charge is 0.494 e. The van der Waals surface area contributed by atoms with E-state index in [1.165, 1.54) is 0 Å². The van der Waals surface area contributed by atoms with Crippen LogP contribution in [0.4, 0.5) is 0 Å². The number of nitrogens with zero attached hydrogens (tertiary/aromatic N) is 1. The Morgan fingerprint density at radius 3 is 2.45 bits per heavy atom. The molecule has 2 aromatic rings. The molecule has 4 heteroatoms. The first-order chi connectivity index (χ1) is 10.6. The number of benzene rings is 2. The van der Waals surface area contributed by atoms with E-state index in [-0.39, 0.29) is 5.91 Å². The summed E-state index contributed by atoms with van der Waals surface area (Å²) in [6, 6.07) is 16.5. The number of amides is 1. The number of ether oxygens (including phenoxy) is 1. The first kappa shape index (κ1) is 16.0. The minimum absolute atomic E-state index is 0.113. The SMILES string of the molecule is CCOc1ccccc1CN(C)C(=O)C(N)c1ccccc1. The fourth-order valence-corrected chi connectivity index (χ4v) is 2.30. The summed E-state index contributed by atoms with van der Waals surface area (Å²) < 4.78 is 5.59. The van der Waals surface area contributed by atoms with Gasteiger partial charge in [0, 0.05) is 19.2 Å². The number of hydrogen-bond donors (Lipinski definition) is 1. The number of hydrogen-bond acceptors (Lipinski definition) is 3. The predicted octanol–water partition coefficient (Wildman–Crippen LogP) is 2.74. The van der Waals surface area contributed by atoms with Gasteiger partial charge in [-0.2, -0.15) is 0 Å². The quantitative estimate of drug-likeness (QED) is 0.892. The Bertz CT molecular complexity index is 613. The molecule has 2 N–H and O–H groups in total. The molecule has 1 unspecified atom stereocenters. The topological polar surface area (TPSA) is 55.6 Å². The van der Waals surface area contributed by atoms with Crippen LogP contribution in [0.2, 0.25) is 0 Å². The van der Waals surface area contributed by atoms with Gasteiger partial charge in [0.15, 0.2) is 0 Å². The van der Waals surface area contributed by atoms with E-state index in [9.17, 15) is 4.79 Å². The molecular formula is C18H22N2O2. The van der Waals surface area contributed by atoms with E-state index >= 15 is 0 Å². The van der Waals surface area contributed by atoms with Gasteiger partial charge in [-0.25, -0.2) is 0 Å². The van der Waals surface area contributed by atoms with E-state index in [1.54, 1.807) is 11.9 Å². The Hall–Kier alpha value is -2.33. The lowest BCUT2D eigenvalue weighted by Gasteiger charge is -2.22. The van der Waals surface area contributed by atoms with Gasteiger partial charge >= 0.3 is 0 Å². The van der Waals surface area contributed by atoms with Crippen LogP contribution >= 0.6 is 0 Å². The van der Waals surface area contributed by atoms with Gasteiger partial charge in [-0.1, -0.05) is 48.5 Å². The first-order valence-electron chi connectivity index (χ1n) is 7.39. The van der Waals surface area contributed by atoms with E-state index in [0.717, 1.165) is 16.9 Å². The van der Waals surface area contributed by atoms with Gasteiger partial charge in [-0.05, 0) is 18.6 Å². The second kappa shape index (κ2) is 7.61. The molecule has 0 fully saturated rings. The summed E-state index contributed by atoms with van der Waals surface area (Å²) in [6.45, 7) is 3.00. The number of likely N-dealkylation sites (N-methyl/N-ethyl adjacent to an activating group) is 1. The van der Waals surface area contributed by atoms with Crippen LogP contribution in [0.25, 0.3) is 0 Å². The molecule has 0 saturated heterocycles. The lowest BCUT2D eigenvalue weighted by atomic mass is 10.1. The maximum absolute atomic E-state index is 12.5. The lowest BCUT2D eigenvalue weighted by Crippen LogP contribution is -2.35. The molecule has 1 amide bonds. The highest BCUT2D eigenvalue weighted by atomic mass is 16.5. The van der Waals surface area contributed by atoms with Gasteiger partial charge in [0.25, 0.3) is 0 Å². The van der Waals surface area contributed by atoms with Crippen molar-refractivity contribution in [1.82, 2.24) is 4.90 Å². The van der Waals surface area contributed by atoms with Crippen molar-refractivity contribution in [2.75, 3.05) is 13.7 Å². The maximum atomic E-state index is 12.5. The molecule has 2 rings (SSSR count). The Kier molecular flexibility index (Phi) is 5.55. The van der Waals surface area contributed by atoms with Crippen LogP contribution in [0, 0.1) is 0 Å². The summed E-state index contributed by atoms with van der Waals surface area (Å²) in [5.41, 5.74) is 7.86. The molecule has 1 atom stereocenters. The summed E-state index contributed by atoms with van der Waals surface area (Å²) in [5.74, 6) is 0.690. The Morgan fingerprint density at radius 2 is 1.77 bits per heavy atom. The summed E-state index contributed by atoms with van der Waals surface area (Å²) in [4.78, 5) is 14.1. The summed E-state index contributed by atoms with van der Waals surface area (Å²) in [7, 11) is 1.76.